The third kappa shape index (κ3) is 3.99. The number of nitrogens with one attached hydrogen (secondary N) is 1. The second-order valence-corrected chi connectivity index (χ2v) is 11.3. The lowest BCUT2D eigenvalue weighted by atomic mass is 9.49. The predicted molar refractivity (Wildman–Crippen MR) is 125 cm³/mol. The van der Waals surface area contributed by atoms with Gasteiger partial charge in [0.25, 0.3) is 0 Å². The molecule has 6 rings (SSSR count). The van der Waals surface area contributed by atoms with Gasteiger partial charge in [-0.3, -0.25) is 14.2 Å². The van der Waals surface area contributed by atoms with Crippen LogP contribution in [0.25, 0.3) is 11.0 Å². The molecule has 0 aliphatic heterocycles. The summed E-state index contributed by atoms with van der Waals surface area (Å²) >= 11 is 0. The number of imidazole rings is 1. The highest BCUT2D eigenvalue weighted by Crippen LogP contribution is 2.60. The Morgan fingerprint density at radius 2 is 1.71 bits per heavy atom. The van der Waals surface area contributed by atoms with E-state index in [1.807, 2.05) is 13.8 Å². The largest absolute Gasteiger partial charge is 0.344 e. The summed E-state index contributed by atoms with van der Waals surface area (Å²) in [7, 11) is 1.59. The maximum absolute atomic E-state index is 13.8. The van der Waals surface area contributed by atoms with Gasteiger partial charge in [-0.1, -0.05) is 26.0 Å². The van der Waals surface area contributed by atoms with Gasteiger partial charge in [0, 0.05) is 12.5 Å². The quantitative estimate of drug-likeness (QED) is 0.633. The summed E-state index contributed by atoms with van der Waals surface area (Å²) in [5.74, 6) is 1.64. The number of nitrogens with zero attached hydrogens (tertiary/aromatic N) is 3. The third-order valence-corrected chi connectivity index (χ3v) is 8.36. The van der Waals surface area contributed by atoms with Gasteiger partial charge in [0.05, 0.1) is 17.6 Å². The number of rotatable bonds is 7. The lowest BCUT2D eigenvalue weighted by Gasteiger charge is -2.56. The van der Waals surface area contributed by atoms with Crippen molar-refractivity contribution < 1.29 is 18.4 Å². The van der Waals surface area contributed by atoms with E-state index in [-0.39, 0.29) is 35.5 Å². The van der Waals surface area contributed by atoms with E-state index in [4.69, 9.17) is 0 Å². The Balaban J connectivity index is 1.33. The molecule has 0 spiro atoms. The molecule has 184 valence electrons. The van der Waals surface area contributed by atoms with Crippen molar-refractivity contribution in [3.8, 4) is 0 Å². The Morgan fingerprint density at radius 1 is 1.12 bits per heavy atom. The van der Waals surface area contributed by atoms with Crippen LogP contribution in [-0.4, -0.2) is 39.4 Å². The second kappa shape index (κ2) is 8.61. The fraction of sp³-hybridized carbons (Fsp3) is 0.654. The van der Waals surface area contributed by atoms with Gasteiger partial charge in [-0.15, -0.1) is 0 Å². The highest BCUT2D eigenvalue weighted by Gasteiger charge is 2.55. The molecule has 6 nitrogen and oxygen atoms in total. The molecule has 1 aromatic heterocycles. The first-order chi connectivity index (χ1) is 16.2. The fourth-order valence-corrected chi connectivity index (χ4v) is 7.15. The Morgan fingerprint density at radius 3 is 2.26 bits per heavy atom. The zero-order valence-electron chi connectivity index (χ0n) is 20.1. The fourth-order valence-electron chi connectivity index (χ4n) is 7.15. The third-order valence-electron chi connectivity index (χ3n) is 8.36. The van der Waals surface area contributed by atoms with Crippen molar-refractivity contribution in [2.75, 3.05) is 7.05 Å². The number of para-hydroxylation sites is 2. The number of aromatic nitrogens is 2. The van der Waals surface area contributed by atoms with Gasteiger partial charge in [-0.2, -0.15) is 8.78 Å². The molecule has 0 unspecified atom stereocenters. The summed E-state index contributed by atoms with van der Waals surface area (Å²) in [4.78, 5) is 32.8. The number of benzene rings is 1. The van der Waals surface area contributed by atoms with Crippen molar-refractivity contribution >= 4 is 22.8 Å². The maximum Gasteiger partial charge on any atom is 0.320 e. The van der Waals surface area contributed by atoms with Gasteiger partial charge in [0.2, 0.25) is 11.8 Å². The lowest BCUT2D eigenvalue weighted by Crippen LogP contribution is -2.58. The molecule has 4 fully saturated rings. The molecule has 2 amide bonds. The first-order valence-electron chi connectivity index (χ1n) is 12.5. The highest BCUT2D eigenvalue weighted by atomic mass is 19.3. The molecule has 1 aromatic carbocycles. The number of hydrogen-bond acceptors (Lipinski definition) is 3. The number of carbonyl (C=O) groups is 2. The van der Waals surface area contributed by atoms with E-state index in [2.05, 4.69) is 10.3 Å². The van der Waals surface area contributed by atoms with E-state index in [0.717, 1.165) is 23.8 Å². The van der Waals surface area contributed by atoms with E-state index in [9.17, 15) is 18.4 Å². The second-order valence-electron chi connectivity index (χ2n) is 11.3. The van der Waals surface area contributed by atoms with Gasteiger partial charge < -0.3 is 10.2 Å². The summed E-state index contributed by atoms with van der Waals surface area (Å²) in [5, 5.41) is 3.10. The van der Waals surface area contributed by atoms with Crippen LogP contribution >= 0.6 is 0 Å². The van der Waals surface area contributed by atoms with Crippen molar-refractivity contribution in [2.24, 2.45) is 29.1 Å². The normalized spacial score (nSPS) is 28.6. The van der Waals surface area contributed by atoms with Crippen molar-refractivity contribution in [1.82, 2.24) is 19.8 Å². The van der Waals surface area contributed by atoms with Gasteiger partial charge in [-0.05, 0) is 74.3 Å². The van der Waals surface area contributed by atoms with E-state index in [0.29, 0.717) is 28.8 Å². The van der Waals surface area contributed by atoms with Crippen LogP contribution < -0.4 is 5.32 Å². The Labute approximate surface area is 199 Å². The SMILES string of the molecule is CC(C)[C@H](NC(=O)C12CC3CC(CC(C3)C1)C2)C(=O)N(C)Cc1nc2ccccc2n1C(F)F. The lowest BCUT2D eigenvalue weighted by molar-refractivity contribution is -0.150. The van der Waals surface area contributed by atoms with E-state index < -0.39 is 12.6 Å². The molecule has 1 heterocycles. The Hall–Kier alpha value is -2.51. The summed E-state index contributed by atoms with van der Waals surface area (Å²) in [6, 6.07) is 6.02. The van der Waals surface area contributed by atoms with E-state index in [1.54, 1.807) is 31.3 Å². The smallest absolute Gasteiger partial charge is 0.320 e. The first kappa shape index (κ1) is 23.2. The molecule has 2 aromatic rings. The number of alkyl halides is 2. The zero-order valence-corrected chi connectivity index (χ0v) is 20.1. The van der Waals surface area contributed by atoms with Crippen LogP contribution in [0.1, 0.15) is 64.7 Å². The molecular formula is C26H34F2N4O2. The minimum atomic E-state index is -2.76. The first-order valence-corrected chi connectivity index (χ1v) is 12.5. The molecule has 1 atom stereocenters. The van der Waals surface area contributed by atoms with Gasteiger partial charge >= 0.3 is 6.55 Å². The van der Waals surface area contributed by atoms with Gasteiger partial charge in [0.1, 0.15) is 11.9 Å². The number of carbonyl (C=O) groups excluding carboxylic acids is 2. The maximum atomic E-state index is 13.8. The molecule has 8 heteroatoms. The summed E-state index contributed by atoms with van der Waals surface area (Å²) in [6.45, 7) is 0.992. The molecule has 0 saturated heterocycles. The van der Waals surface area contributed by atoms with Gasteiger partial charge in [-0.25, -0.2) is 4.98 Å². The molecule has 34 heavy (non-hydrogen) atoms. The predicted octanol–water partition coefficient (Wildman–Crippen LogP) is 4.75. The van der Waals surface area contributed by atoms with Crippen LogP contribution in [0.2, 0.25) is 0 Å². The Kier molecular flexibility index (Phi) is 5.89. The van der Waals surface area contributed by atoms with E-state index >= 15 is 0 Å². The van der Waals surface area contributed by atoms with Crippen LogP contribution in [-0.2, 0) is 16.1 Å². The average Bonchev–Trinajstić information content (AvgIpc) is 3.13. The minimum absolute atomic E-state index is 0.00636. The van der Waals surface area contributed by atoms with Crippen LogP contribution in [0.5, 0.6) is 0 Å². The van der Waals surface area contributed by atoms with Crippen molar-refractivity contribution in [1.29, 1.82) is 0 Å². The molecule has 0 radical (unpaired) electrons. The van der Waals surface area contributed by atoms with Gasteiger partial charge in [0.15, 0.2) is 0 Å². The van der Waals surface area contributed by atoms with Crippen LogP contribution in [0, 0.1) is 29.1 Å². The molecule has 4 aliphatic carbocycles. The molecule has 1 N–H and O–H groups in total. The molecule has 4 saturated carbocycles. The van der Waals surface area contributed by atoms with Crippen LogP contribution in [0.15, 0.2) is 24.3 Å². The topological polar surface area (TPSA) is 67.2 Å². The number of amides is 2. The van der Waals surface area contributed by atoms with Crippen molar-refractivity contribution in [2.45, 2.75) is 71.5 Å². The summed E-state index contributed by atoms with van der Waals surface area (Å²) in [5.41, 5.74) is 0.461. The summed E-state index contributed by atoms with van der Waals surface area (Å²) in [6.07, 6.45) is 6.51. The average molecular weight is 473 g/mol. The van der Waals surface area contributed by atoms with Crippen LogP contribution in [0.4, 0.5) is 8.78 Å². The number of halogens is 2. The Bertz CT molecular complexity index is 1060. The van der Waals surface area contributed by atoms with Crippen molar-refractivity contribution in [3.63, 3.8) is 0 Å². The number of fused-ring (bicyclic) bond motifs is 1. The highest BCUT2D eigenvalue weighted by molar-refractivity contribution is 5.90. The number of hydrogen-bond donors (Lipinski definition) is 1. The standard InChI is InChI=1S/C26H34F2N4O2/c1-15(2)22(30-24(34)26-11-16-8-17(12-26)10-18(9-16)13-26)23(33)31(3)14-21-29-19-6-4-5-7-20(19)32(21)25(27)28/h4-7,15-18,22,25H,8-14H2,1-3H3,(H,30,34)/t16?,17?,18?,22-,26?/m0/s1. The zero-order chi connectivity index (χ0) is 24.2. The molecule has 4 aliphatic rings. The monoisotopic (exact) mass is 472 g/mol. The summed E-state index contributed by atoms with van der Waals surface area (Å²) < 4.78 is 28.5. The minimum Gasteiger partial charge on any atom is -0.344 e. The van der Waals surface area contributed by atoms with Crippen LogP contribution in [0.3, 0.4) is 0 Å². The number of likely N-dealkylation sites (N-methyl/N-ethyl adjacent to an activating group) is 1. The van der Waals surface area contributed by atoms with Crippen molar-refractivity contribution in [3.05, 3.63) is 30.1 Å². The van der Waals surface area contributed by atoms with E-state index in [1.165, 1.54) is 24.2 Å². The molecule has 4 bridgehead atoms. The molecular weight excluding hydrogens is 438 g/mol.